The summed E-state index contributed by atoms with van der Waals surface area (Å²) in [6.07, 6.45) is 0.491. The van der Waals surface area contributed by atoms with E-state index in [9.17, 15) is 30.8 Å². The highest BCUT2D eigenvalue weighted by molar-refractivity contribution is 7.89. The number of nitrogens with zero attached hydrogens (tertiary/aromatic N) is 3. The van der Waals surface area contributed by atoms with Crippen LogP contribution in [0.1, 0.15) is 24.5 Å². The van der Waals surface area contributed by atoms with Crippen LogP contribution >= 0.6 is 0 Å². The molecule has 3 aromatic carbocycles. The molecular formula is C28H29F4N3O4S. The maximum atomic E-state index is 14.4. The van der Waals surface area contributed by atoms with Gasteiger partial charge in [0.15, 0.2) is 11.6 Å². The number of amides is 1. The molecule has 0 unspecified atom stereocenters. The number of carbonyl (C=O) groups excluding carboxylic acids is 1. The van der Waals surface area contributed by atoms with Crippen molar-refractivity contribution >= 4 is 21.6 Å². The summed E-state index contributed by atoms with van der Waals surface area (Å²) in [5, 5.41) is 0. The van der Waals surface area contributed by atoms with Crippen molar-refractivity contribution in [2.45, 2.75) is 37.9 Å². The predicted molar refractivity (Wildman–Crippen MR) is 141 cm³/mol. The van der Waals surface area contributed by atoms with Gasteiger partial charge in [-0.2, -0.15) is 13.1 Å². The van der Waals surface area contributed by atoms with Gasteiger partial charge < -0.3 is 9.64 Å². The Balaban J connectivity index is 1.77. The summed E-state index contributed by atoms with van der Waals surface area (Å²) >= 11 is 0. The van der Waals surface area contributed by atoms with Crippen molar-refractivity contribution in [3.63, 3.8) is 0 Å². The number of hydrogen-bond acceptors (Lipinski definition) is 5. The fraction of sp³-hybridized carbons (Fsp3) is 0.321. The molecule has 1 heterocycles. The normalized spacial score (nSPS) is 15.9. The number of halogens is 4. The molecule has 0 radical (unpaired) electrons. The van der Waals surface area contributed by atoms with Crippen molar-refractivity contribution in [2.75, 3.05) is 31.1 Å². The minimum absolute atomic E-state index is 0.0480. The molecule has 0 N–H and O–H groups in total. The van der Waals surface area contributed by atoms with Gasteiger partial charge in [0.05, 0.1) is 10.6 Å². The molecule has 3 aromatic rings. The van der Waals surface area contributed by atoms with Gasteiger partial charge >= 0.3 is 6.61 Å². The molecule has 4 rings (SSSR count). The smallest absolute Gasteiger partial charge is 0.387 e. The van der Waals surface area contributed by atoms with E-state index in [1.165, 1.54) is 30.0 Å². The SMILES string of the molecule is CC(=O)N1CCCN(Cc2ccccc2)CCN(S(=O)(=O)c2cccc(OC(F)F)c2)Cc2cc(F)c(F)cc21. The van der Waals surface area contributed by atoms with E-state index in [0.29, 0.717) is 19.5 Å². The molecule has 40 heavy (non-hydrogen) atoms. The van der Waals surface area contributed by atoms with Crippen LogP contribution in [-0.4, -0.2) is 56.3 Å². The number of carbonyl (C=O) groups is 1. The minimum Gasteiger partial charge on any atom is -0.435 e. The number of sulfonamides is 1. The lowest BCUT2D eigenvalue weighted by molar-refractivity contribution is -0.116. The number of hydrogen-bond donors (Lipinski definition) is 0. The first-order valence-electron chi connectivity index (χ1n) is 12.6. The summed E-state index contributed by atoms with van der Waals surface area (Å²) in [6, 6.07) is 16.1. The lowest BCUT2D eigenvalue weighted by Gasteiger charge is -2.27. The number of anilines is 1. The fourth-order valence-corrected chi connectivity index (χ4v) is 6.10. The van der Waals surface area contributed by atoms with Crippen LogP contribution < -0.4 is 9.64 Å². The molecule has 0 aliphatic carbocycles. The van der Waals surface area contributed by atoms with E-state index in [0.717, 1.165) is 28.1 Å². The number of alkyl halides is 2. The predicted octanol–water partition coefficient (Wildman–Crippen LogP) is 5.02. The van der Waals surface area contributed by atoms with E-state index in [4.69, 9.17) is 0 Å². The lowest BCUT2D eigenvalue weighted by Crippen LogP contribution is -2.38. The van der Waals surface area contributed by atoms with E-state index in [1.54, 1.807) is 0 Å². The van der Waals surface area contributed by atoms with Gasteiger partial charge in [0.1, 0.15) is 5.75 Å². The standard InChI is InChI=1S/C28H29F4N3O4S/c1-20(36)35-12-6-11-33(18-21-7-3-2-4-8-21)13-14-34(19-22-15-25(29)26(30)17-27(22)35)40(37,38)24-10-5-9-23(16-24)39-28(31)32/h2-5,7-10,15-17,28H,6,11-14,18-19H2,1H3. The average molecular weight is 580 g/mol. The van der Waals surface area contributed by atoms with Gasteiger partial charge in [-0.1, -0.05) is 36.4 Å². The first kappa shape index (κ1) is 29.5. The molecular weight excluding hydrogens is 550 g/mol. The topological polar surface area (TPSA) is 70.2 Å². The average Bonchev–Trinajstić information content (AvgIpc) is 2.93. The molecule has 0 atom stereocenters. The third-order valence-corrected chi connectivity index (χ3v) is 8.42. The van der Waals surface area contributed by atoms with Gasteiger partial charge in [0.2, 0.25) is 15.9 Å². The molecule has 0 bridgehead atoms. The Bertz CT molecular complexity index is 1440. The number of ether oxygens (including phenoxy) is 1. The zero-order chi connectivity index (χ0) is 28.9. The van der Waals surface area contributed by atoms with Crippen LogP contribution in [0.5, 0.6) is 5.75 Å². The molecule has 214 valence electrons. The lowest BCUT2D eigenvalue weighted by atomic mass is 10.1. The van der Waals surface area contributed by atoms with Crippen LogP contribution in [0.2, 0.25) is 0 Å². The van der Waals surface area contributed by atoms with Crippen molar-refractivity contribution in [1.29, 1.82) is 0 Å². The molecule has 1 aliphatic heterocycles. The van der Waals surface area contributed by atoms with Gasteiger partial charge in [-0.25, -0.2) is 17.2 Å². The molecule has 0 fully saturated rings. The second-order valence-electron chi connectivity index (χ2n) is 9.37. The van der Waals surface area contributed by atoms with Crippen molar-refractivity contribution in [3.8, 4) is 5.75 Å². The Morgan fingerprint density at radius 2 is 1.65 bits per heavy atom. The third kappa shape index (κ3) is 7.18. The largest absolute Gasteiger partial charge is 0.435 e. The Kier molecular flexibility index (Phi) is 9.44. The fourth-order valence-electron chi connectivity index (χ4n) is 4.65. The van der Waals surface area contributed by atoms with Gasteiger partial charge in [-0.05, 0) is 35.7 Å². The second-order valence-corrected chi connectivity index (χ2v) is 11.3. The zero-order valence-electron chi connectivity index (χ0n) is 21.8. The molecule has 1 amide bonds. The van der Waals surface area contributed by atoms with Crippen LogP contribution in [-0.2, 0) is 27.9 Å². The monoisotopic (exact) mass is 579 g/mol. The Hall–Kier alpha value is -3.48. The second kappa shape index (κ2) is 12.8. The van der Waals surface area contributed by atoms with Crippen molar-refractivity contribution < 1.29 is 35.5 Å². The van der Waals surface area contributed by atoms with Crippen molar-refractivity contribution in [3.05, 3.63) is 89.5 Å². The van der Waals surface area contributed by atoms with Crippen LogP contribution in [0.3, 0.4) is 0 Å². The van der Waals surface area contributed by atoms with Crippen molar-refractivity contribution in [2.24, 2.45) is 0 Å². The highest BCUT2D eigenvalue weighted by Gasteiger charge is 2.29. The highest BCUT2D eigenvalue weighted by atomic mass is 32.2. The summed E-state index contributed by atoms with van der Waals surface area (Å²) < 4.78 is 87.5. The Labute approximate surface area is 230 Å². The first-order valence-corrected chi connectivity index (χ1v) is 14.1. The van der Waals surface area contributed by atoms with Gasteiger partial charge in [0, 0.05) is 58.3 Å². The maximum Gasteiger partial charge on any atom is 0.387 e. The summed E-state index contributed by atoms with van der Waals surface area (Å²) in [5.74, 6) is -3.10. The molecule has 1 aliphatic rings. The Morgan fingerprint density at radius 1 is 0.925 bits per heavy atom. The highest BCUT2D eigenvalue weighted by Crippen LogP contribution is 2.30. The van der Waals surface area contributed by atoms with Crippen LogP contribution in [0.15, 0.2) is 71.6 Å². The van der Waals surface area contributed by atoms with E-state index in [-0.39, 0.29) is 41.5 Å². The quantitative estimate of drug-likeness (QED) is 0.384. The van der Waals surface area contributed by atoms with Crippen LogP contribution in [0.4, 0.5) is 23.2 Å². The van der Waals surface area contributed by atoms with E-state index >= 15 is 0 Å². The van der Waals surface area contributed by atoms with Gasteiger partial charge in [0.25, 0.3) is 0 Å². The zero-order valence-corrected chi connectivity index (χ0v) is 22.6. The van der Waals surface area contributed by atoms with Crippen LogP contribution in [0.25, 0.3) is 0 Å². The molecule has 7 nitrogen and oxygen atoms in total. The molecule has 12 heteroatoms. The van der Waals surface area contributed by atoms with Crippen molar-refractivity contribution in [1.82, 2.24) is 9.21 Å². The number of benzene rings is 3. The van der Waals surface area contributed by atoms with E-state index in [1.807, 2.05) is 35.2 Å². The first-order chi connectivity index (χ1) is 19.0. The molecule has 0 spiro atoms. The van der Waals surface area contributed by atoms with Gasteiger partial charge in [-0.3, -0.25) is 9.69 Å². The number of rotatable bonds is 6. The summed E-state index contributed by atoms with van der Waals surface area (Å²) in [7, 11) is -4.34. The summed E-state index contributed by atoms with van der Waals surface area (Å²) in [5.41, 5.74) is 1.16. The molecule has 0 saturated heterocycles. The van der Waals surface area contributed by atoms with Gasteiger partial charge in [-0.15, -0.1) is 0 Å². The van der Waals surface area contributed by atoms with E-state index < -0.39 is 40.7 Å². The summed E-state index contributed by atoms with van der Waals surface area (Å²) in [6.45, 7) is -0.810. The number of fused-ring (bicyclic) bond motifs is 1. The van der Waals surface area contributed by atoms with E-state index in [2.05, 4.69) is 4.74 Å². The summed E-state index contributed by atoms with van der Waals surface area (Å²) in [4.78, 5) is 15.6. The molecule has 0 saturated carbocycles. The Morgan fingerprint density at radius 3 is 2.35 bits per heavy atom. The molecule has 0 aromatic heterocycles. The minimum atomic E-state index is -4.34. The maximum absolute atomic E-state index is 14.4. The third-order valence-electron chi connectivity index (χ3n) is 6.58. The van der Waals surface area contributed by atoms with Crippen LogP contribution in [0, 0.1) is 11.6 Å².